The second-order valence-electron chi connectivity index (χ2n) is 2.03. The zero-order valence-electron chi connectivity index (χ0n) is 4.48. The third-order valence-corrected chi connectivity index (χ3v) is 2.20. The fourth-order valence-corrected chi connectivity index (χ4v) is 1.23. The van der Waals surface area contributed by atoms with Crippen LogP contribution in [0.5, 0.6) is 0 Å². The summed E-state index contributed by atoms with van der Waals surface area (Å²) in [4.78, 5) is 10.5. The summed E-state index contributed by atoms with van der Waals surface area (Å²) >= 11 is 3.31. The van der Waals surface area contributed by atoms with Gasteiger partial charge in [0.1, 0.15) is 0 Å². The van der Waals surface area contributed by atoms with Gasteiger partial charge in [0.15, 0.2) is 0 Å². The number of hydrogen-bond acceptors (Lipinski definition) is 1. The zero-order valence-corrected chi connectivity index (χ0v) is 6.07. The van der Waals surface area contributed by atoms with Crippen molar-refractivity contribution in [2.45, 2.75) is 6.42 Å². The molecule has 1 rings (SSSR count). The van der Waals surface area contributed by atoms with Crippen molar-refractivity contribution in [1.82, 2.24) is 5.32 Å². The molecule has 0 aromatic carbocycles. The Kier molecular flexibility index (Phi) is 1.89. The number of rotatable bonds is 1. The predicted molar refractivity (Wildman–Crippen MR) is 34.9 cm³/mol. The Bertz CT molecular complexity index is 105. The van der Waals surface area contributed by atoms with E-state index in [0.717, 1.165) is 11.9 Å². The molecular weight excluding hydrogens is 170 g/mol. The molecule has 1 heterocycles. The van der Waals surface area contributed by atoms with Crippen molar-refractivity contribution >= 4 is 21.8 Å². The number of nitrogens with one attached hydrogen (secondary N) is 1. The van der Waals surface area contributed by atoms with Gasteiger partial charge in [0.25, 0.3) is 0 Å². The van der Waals surface area contributed by atoms with E-state index in [1.165, 1.54) is 0 Å². The second-order valence-corrected chi connectivity index (χ2v) is 2.68. The Labute approximate surface area is 56.8 Å². The second kappa shape index (κ2) is 2.49. The van der Waals surface area contributed by atoms with E-state index < -0.39 is 0 Å². The molecular formula is C5H8BrNO. The third-order valence-electron chi connectivity index (χ3n) is 1.28. The predicted octanol–water partition coefficient (Wildman–Crippen LogP) is 0.517. The van der Waals surface area contributed by atoms with Crippen LogP contribution in [0.2, 0.25) is 0 Å². The molecule has 0 aromatic heterocycles. The van der Waals surface area contributed by atoms with Crippen LogP contribution in [0.3, 0.4) is 0 Å². The highest BCUT2D eigenvalue weighted by atomic mass is 79.9. The van der Waals surface area contributed by atoms with E-state index in [9.17, 15) is 4.79 Å². The molecule has 0 bridgehead atoms. The zero-order chi connectivity index (χ0) is 5.98. The highest BCUT2D eigenvalue weighted by Crippen LogP contribution is 2.10. The quantitative estimate of drug-likeness (QED) is 0.582. The van der Waals surface area contributed by atoms with Gasteiger partial charge in [-0.2, -0.15) is 0 Å². The molecule has 1 N–H and O–H groups in total. The average Bonchev–Trinajstić information content (AvgIpc) is 2.14. The van der Waals surface area contributed by atoms with Crippen LogP contribution in [0.15, 0.2) is 0 Å². The molecule has 1 unspecified atom stereocenters. The Balaban J connectivity index is 2.32. The monoisotopic (exact) mass is 177 g/mol. The molecule has 1 atom stereocenters. The van der Waals surface area contributed by atoms with Gasteiger partial charge in [-0.15, -0.1) is 0 Å². The van der Waals surface area contributed by atoms with Gasteiger partial charge in [-0.3, -0.25) is 4.79 Å². The van der Waals surface area contributed by atoms with Crippen LogP contribution >= 0.6 is 15.9 Å². The SMILES string of the molecule is O=C1CC(CBr)CN1. The summed E-state index contributed by atoms with van der Waals surface area (Å²) in [5.74, 6) is 0.719. The van der Waals surface area contributed by atoms with Crippen molar-refractivity contribution in [2.75, 3.05) is 11.9 Å². The summed E-state index contributed by atoms with van der Waals surface area (Å²) in [6.45, 7) is 0.851. The van der Waals surface area contributed by atoms with Gasteiger partial charge in [-0.05, 0) is 5.92 Å². The van der Waals surface area contributed by atoms with Crippen molar-refractivity contribution in [1.29, 1.82) is 0 Å². The molecule has 0 saturated carbocycles. The summed E-state index contributed by atoms with van der Waals surface area (Å²) in [6.07, 6.45) is 0.700. The van der Waals surface area contributed by atoms with Gasteiger partial charge < -0.3 is 5.32 Å². The topological polar surface area (TPSA) is 29.1 Å². The number of amides is 1. The fourth-order valence-electron chi connectivity index (χ4n) is 0.774. The van der Waals surface area contributed by atoms with E-state index in [2.05, 4.69) is 21.2 Å². The molecule has 1 fully saturated rings. The van der Waals surface area contributed by atoms with E-state index >= 15 is 0 Å². The number of hydrogen-bond donors (Lipinski definition) is 1. The van der Waals surface area contributed by atoms with E-state index in [1.54, 1.807) is 0 Å². The minimum Gasteiger partial charge on any atom is -0.356 e. The Hall–Kier alpha value is -0.0500. The largest absolute Gasteiger partial charge is 0.356 e. The first-order chi connectivity index (χ1) is 3.83. The van der Waals surface area contributed by atoms with Crippen molar-refractivity contribution in [3.8, 4) is 0 Å². The number of alkyl halides is 1. The summed E-state index contributed by atoms with van der Waals surface area (Å²) in [5.41, 5.74) is 0. The first kappa shape index (κ1) is 6.08. The minimum atomic E-state index is 0.189. The third kappa shape index (κ3) is 1.22. The van der Waals surface area contributed by atoms with E-state index in [-0.39, 0.29) is 5.91 Å². The molecule has 1 aliphatic rings. The molecule has 0 aliphatic carbocycles. The van der Waals surface area contributed by atoms with Crippen LogP contribution < -0.4 is 5.32 Å². The highest BCUT2D eigenvalue weighted by molar-refractivity contribution is 9.09. The lowest BCUT2D eigenvalue weighted by Gasteiger charge is -1.95. The van der Waals surface area contributed by atoms with E-state index in [0.29, 0.717) is 12.3 Å². The molecule has 1 amide bonds. The van der Waals surface area contributed by atoms with Crippen LogP contribution in [-0.2, 0) is 4.79 Å². The van der Waals surface area contributed by atoms with Crippen LogP contribution in [0.4, 0.5) is 0 Å². The number of carbonyl (C=O) groups excluding carboxylic acids is 1. The lowest BCUT2D eigenvalue weighted by Crippen LogP contribution is -2.14. The van der Waals surface area contributed by atoms with Crippen LogP contribution in [0, 0.1) is 5.92 Å². The van der Waals surface area contributed by atoms with Crippen LogP contribution in [0.1, 0.15) is 6.42 Å². The van der Waals surface area contributed by atoms with Crippen LogP contribution in [-0.4, -0.2) is 17.8 Å². The van der Waals surface area contributed by atoms with Gasteiger partial charge in [0.05, 0.1) is 0 Å². The van der Waals surface area contributed by atoms with Gasteiger partial charge >= 0.3 is 0 Å². The molecule has 2 nitrogen and oxygen atoms in total. The van der Waals surface area contributed by atoms with E-state index in [4.69, 9.17) is 0 Å². The van der Waals surface area contributed by atoms with Crippen molar-refractivity contribution in [3.63, 3.8) is 0 Å². The van der Waals surface area contributed by atoms with Crippen LogP contribution in [0.25, 0.3) is 0 Å². The maximum Gasteiger partial charge on any atom is 0.220 e. The lowest BCUT2D eigenvalue weighted by molar-refractivity contribution is -0.119. The minimum absolute atomic E-state index is 0.189. The molecule has 1 saturated heterocycles. The lowest BCUT2D eigenvalue weighted by atomic mass is 10.2. The standard InChI is InChI=1S/C5H8BrNO/c6-2-4-1-5(8)7-3-4/h4H,1-3H2,(H,7,8). The van der Waals surface area contributed by atoms with Gasteiger partial charge in [-0.1, -0.05) is 15.9 Å². The van der Waals surface area contributed by atoms with Gasteiger partial charge in [-0.25, -0.2) is 0 Å². The Morgan fingerprint density at radius 1 is 1.88 bits per heavy atom. The van der Waals surface area contributed by atoms with Gasteiger partial charge in [0.2, 0.25) is 5.91 Å². The highest BCUT2D eigenvalue weighted by Gasteiger charge is 2.19. The number of halogens is 1. The number of carbonyl (C=O) groups is 1. The molecule has 3 heteroatoms. The maximum atomic E-state index is 10.5. The smallest absolute Gasteiger partial charge is 0.220 e. The fraction of sp³-hybridized carbons (Fsp3) is 0.800. The normalized spacial score (nSPS) is 28.1. The molecule has 0 aromatic rings. The first-order valence-electron chi connectivity index (χ1n) is 2.65. The molecule has 46 valence electrons. The first-order valence-corrected chi connectivity index (χ1v) is 3.77. The Morgan fingerprint density at radius 2 is 2.62 bits per heavy atom. The van der Waals surface area contributed by atoms with Gasteiger partial charge in [0, 0.05) is 18.3 Å². The van der Waals surface area contributed by atoms with Crippen molar-refractivity contribution in [2.24, 2.45) is 5.92 Å². The summed E-state index contributed by atoms with van der Waals surface area (Å²) in [6, 6.07) is 0. The van der Waals surface area contributed by atoms with Crippen molar-refractivity contribution in [3.05, 3.63) is 0 Å². The summed E-state index contributed by atoms with van der Waals surface area (Å²) < 4.78 is 0. The molecule has 0 spiro atoms. The summed E-state index contributed by atoms with van der Waals surface area (Å²) in [5, 5.41) is 3.69. The average molecular weight is 178 g/mol. The Morgan fingerprint density at radius 3 is 2.88 bits per heavy atom. The molecule has 1 aliphatic heterocycles. The maximum absolute atomic E-state index is 10.5. The molecule has 8 heavy (non-hydrogen) atoms. The molecule has 0 radical (unpaired) electrons. The summed E-state index contributed by atoms with van der Waals surface area (Å²) in [7, 11) is 0. The van der Waals surface area contributed by atoms with Crippen molar-refractivity contribution < 1.29 is 4.79 Å². The van der Waals surface area contributed by atoms with E-state index in [1.807, 2.05) is 0 Å².